The number of ether oxygens (including phenoxy) is 1. The van der Waals surface area contributed by atoms with Crippen molar-refractivity contribution >= 4 is 40.0 Å². The molecule has 0 saturated carbocycles. The number of nitrogens with one attached hydrogen (secondary N) is 2. The van der Waals surface area contributed by atoms with E-state index in [4.69, 9.17) is 4.74 Å². The van der Waals surface area contributed by atoms with Gasteiger partial charge in [-0.05, 0) is 31.9 Å². The minimum absolute atomic E-state index is 0. The van der Waals surface area contributed by atoms with E-state index >= 15 is 0 Å². The molecule has 0 spiro atoms. The quantitative estimate of drug-likeness (QED) is 0.267. The third-order valence-electron chi connectivity index (χ3n) is 6.00. The van der Waals surface area contributed by atoms with Gasteiger partial charge in [-0.3, -0.25) is 4.99 Å². The number of benzene rings is 1. The molecule has 0 amide bonds. The van der Waals surface area contributed by atoms with Crippen molar-refractivity contribution in [2.24, 2.45) is 16.8 Å². The minimum Gasteiger partial charge on any atom is -0.374 e. The Hall–Kier alpha value is -0.910. The number of aryl methyl sites for hydroxylation is 1. The van der Waals surface area contributed by atoms with Crippen LogP contribution < -0.4 is 10.0 Å². The van der Waals surface area contributed by atoms with Crippen molar-refractivity contribution in [1.29, 1.82) is 0 Å². The van der Waals surface area contributed by atoms with Crippen LogP contribution in [0.1, 0.15) is 18.4 Å². The fourth-order valence-electron chi connectivity index (χ4n) is 4.63. The van der Waals surface area contributed by atoms with Crippen LogP contribution >= 0.6 is 24.0 Å². The smallest absolute Gasteiger partial charge is 0.240 e. The number of guanidine groups is 1. The maximum atomic E-state index is 12.3. The monoisotopic (exact) mass is 520 g/mol. The molecule has 3 fully saturated rings. The standard InChI is InChI=1S/C19H28N4O3S.HI/c1-13-3-5-14(6-4-13)27(24,25)22-10-9-21-19(20-2)23-11-15-16(12-23)18-8-7-17(15)26-18;/h3-6,15-18,22H,7-12H2,1-2H3,(H,20,21);1H. The zero-order valence-electron chi connectivity index (χ0n) is 16.3. The molecule has 0 aromatic heterocycles. The van der Waals surface area contributed by atoms with E-state index in [0.717, 1.165) is 24.6 Å². The van der Waals surface area contributed by atoms with E-state index in [1.807, 2.05) is 6.92 Å². The number of likely N-dealkylation sites (tertiary alicyclic amines) is 1. The summed E-state index contributed by atoms with van der Waals surface area (Å²) in [5, 5.41) is 3.29. The highest BCUT2D eigenvalue weighted by Crippen LogP contribution is 2.47. The Morgan fingerprint density at radius 1 is 1.14 bits per heavy atom. The van der Waals surface area contributed by atoms with Gasteiger partial charge in [-0.15, -0.1) is 24.0 Å². The second-order valence-corrected chi connectivity index (χ2v) is 9.47. The molecule has 4 unspecified atom stereocenters. The largest absolute Gasteiger partial charge is 0.374 e. The van der Waals surface area contributed by atoms with Crippen molar-refractivity contribution in [2.45, 2.75) is 36.9 Å². The van der Waals surface area contributed by atoms with Gasteiger partial charge < -0.3 is 15.0 Å². The maximum absolute atomic E-state index is 12.3. The molecule has 1 aromatic rings. The van der Waals surface area contributed by atoms with Gasteiger partial charge in [0.25, 0.3) is 0 Å². The van der Waals surface area contributed by atoms with Crippen LogP contribution in [0, 0.1) is 18.8 Å². The highest BCUT2D eigenvalue weighted by Gasteiger charge is 2.53. The fourth-order valence-corrected chi connectivity index (χ4v) is 5.66. The number of hydrogen-bond donors (Lipinski definition) is 2. The topological polar surface area (TPSA) is 83.0 Å². The summed E-state index contributed by atoms with van der Waals surface area (Å²) in [7, 11) is -1.70. The summed E-state index contributed by atoms with van der Waals surface area (Å²) < 4.78 is 33.3. The van der Waals surface area contributed by atoms with Gasteiger partial charge in [-0.25, -0.2) is 13.1 Å². The molecule has 4 rings (SSSR count). The Kier molecular flexibility index (Phi) is 6.88. The molecule has 9 heteroatoms. The van der Waals surface area contributed by atoms with Crippen LogP contribution in [0.2, 0.25) is 0 Å². The first kappa shape index (κ1) is 21.8. The zero-order chi connectivity index (χ0) is 19.0. The van der Waals surface area contributed by atoms with E-state index in [1.54, 1.807) is 31.3 Å². The summed E-state index contributed by atoms with van der Waals surface area (Å²) in [6.45, 7) is 4.68. The van der Waals surface area contributed by atoms with Crippen molar-refractivity contribution in [3.8, 4) is 0 Å². The van der Waals surface area contributed by atoms with E-state index in [9.17, 15) is 8.42 Å². The number of fused-ring (bicyclic) bond motifs is 5. The number of rotatable bonds is 5. The number of nitrogens with zero attached hydrogens (tertiary/aromatic N) is 2. The Bertz CT molecular complexity index is 797. The van der Waals surface area contributed by atoms with Gasteiger partial charge in [-0.2, -0.15) is 0 Å². The van der Waals surface area contributed by atoms with Gasteiger partial charge >= 0.3 is 0 Å². The van der Waals surface area contributed by atoms with Gasteiger partial charge in [-0.1, -0.05) is 17.7 Å². The molecule has 0 aliphatic carbocycles. The average Bonchev–Trinajstić information content (AvgIpc) is 3.35. The van der Waals surface area contributed by atoms with Crippen LogP contribution in [-0.2, 0) is 14.8 Å². The first-order valence-corrected chi connectivity index (χ1v) is 11.1. The molecule has 2 N–H and O–H groups in total. The first-order valence-electron chi connectivity index (χ1n) is 9.65. The van der Waals surface area contributed by atoms with E-state index in [2.05, 4.69) is 19.9 Å². The Labute approximate surface area is 184 Å². The minimum atomic E-state index is -3.48. The van der Waals surface area contributed by atoms with E-state index in [1.165, 1.54) is 12.8 Å². The second kappa shape index (κ2) is 8.85. The number of hydrogen-bond acceptors (Lipinski definition) is 4. The zero-order valence-corrected chi connectivity index (χ0v) is 19.4. The van der Waals surface area contributed by atoms with Crippen LogP contribution in [-0.4, -0.2) is 64.7 Å². The highest BCUT2D eigenvalue weighted by molar-refractivity contribution is 14.0. The summed E-state index contributed by atoms with van der Waals surface area (Å²) in [5.74, 6) is 2.07. The molecule has 156 valence electrons. The molecule has 0 radical (unpaired) electrons. The maximum Gasteiger partial charge on any atom is 0.240 e. The summed E-state index contributed by atoms with van der Waals surface area (Å²) in [6, 6.07) is 6.86. The molecule has 28 heavy (non-hydrogen) atoms. The van der Waals surface area contributed by atoms with Crippen molar-refractivity contribution in [1.82, 2.24) is 14.9 Å². The predicted molar refractivity (Wildman–Crippen MR) is 120 cm³/mol. The molecular weight excluding hydrogens is 491 g/mol. The summed E-state index contributed by atoms with van der Waals surface area (Å²) in [6.07, 6.45) is 3.22. The van der Waals surface area contributed by atoms with Crippen molar-refractivity contribution in [3.05, 3.63) is 29.8 Å². The Morgan fingerprint density at radius 2 is 1.75 bits per heavy atom. The lowest BCUT2D eigenvalue weighted by molar-refractivity contribution is 0.0767. The number of halogens is 1. The number of aliphatic imine (C=N–C) groups is 1. The molecule has 3 aliphatic rings. The van der Waals surface area contributed by atoms with Gasteiger partial charge in [0.1, 0.15) is 0 Å². The van der Waals surface area contributed by atoms with Crippen LogP contribution in [0.4, 0.5) is 0 Å². The fraction of sp³-hybridized carbons (Fsp3) is 0.632. The molecule has 4 atom stereocenters. The van der Waals surface area contributed by atoms with Crippen molar-refractivity contribution in [3.63, 3.8) is 0 Å². The lowest BCUT2D eigenvalue weighted by Crippen LogP contribution is -2.44. The second-order valence-electron chi connectivity index (χ2n) is 7.71. The van der Waals surface area contributed by atoms with Crippen molar-refractivity contribution in [2.75, 3.05) is 33.2 Å². The van der Waals surface area contributed by atoms with E-state index in [0.29, 0.717) is 42.0 Å². The van der Waals surface area contributed by atoms with Gasteiger partial charge in [0.2, 0.25) is 10.0 Å². The van der Waals surface area contributed by atoms with Gasteiger partial charge in [0.15, 0.2) is 5.96 Å². The molecular formula is C19H29IN4O3S. The van der Waals surface area contributed by atoms with Gasteiger partial charge in [0.05, 0.1) is 17.1 Å². The Morgan fingerprint density at radius 3 is 2.32 bits per heavy atom. The molecule has 3 heterocycles. The van der Waals surface area contributed by atoms with Gasteiger partial charge in [0, 0.05) is 45.1 Å². The molecule has 7 nitrogen and oxygen atoms in total. The summed E-state index contributed by atoms with van der Waals surface area (Å²) in [4.78, 5) is 6.96. The van der Waals surface area contributed by atoms with Crippen LogP contribution in [0.5, 0.6) is 0 Å². The summed E-state index contributed by atoms with van der Waals surface area (Å²) in [5.41, 5.74) is 1.04. The predicted octanol–water partition coefficient (Wildman–Crippen LogP) is 1.58. The highest BCUT2D eigenvalue weighted by atomic mass is 127. The van der Waals surface area contributed by atoms with E-state index < -0.39 is 10.0 Å². The van der Waals surface area contributed by atoms with Crippen LogP contribution in [0.3, 0.4) is 0 Å². The van der Waals surface area contributed by atoms with Crippen LogP contribution in [0.25, 0.3) is 0 Å². The lowest BCUT2D eigenvalue weighted by Gasteiger charge is -2.23. The molecule has 2 bridgehead atoms. The third kappa shape index (κ3) is 4.31. The summed E-state index contributed by atoms with van der Waals surface area (Å²) >= 11 is 0. The SMILES string of the molecule is CN=C(NCCNS(=O)(=O)c1ccc(C)cc1)N1CC2C3CCC(O3)C2C1.I. The molecule has 1 aromatic carbocycles. The first-order chi connectivity index (χ1) is 13.0. The van der Waals surface area contributed by atoms with E-state index in [-0.39, 0.29) is 24.0 Å². The number of sulfonamides is 1. The Balaban J connectivity index is 0.00000225. The molecule has 3 saturated heterocycles. The van der Waals surface area contributed by atoms with Crippen molar-refractivity contribution < 1.29 is 13.2 Å². The normalized spacial score (nSPS) is 28.9. The average molecular weight is 520 g/mol. The molecule has 3 aliphatic heterocycles. The van der Waals surface area contributed by atoms with Crippen LogP contribution in [0.15, 0.2) is 34.2 Å². The lowest BCUT2D eigenvalue weighted by atomic mass is 9.82. The third-order valence-corrected chi connectivity index (χ3v) is 7.47.